The lowest BCUT2D eigenvalue weighted by atomic mass is 10.2. The van der Waals surface area contributed by atoms with Crippen LogP contribution in [0.3, 0.4) is 0 Å². The first-order valence-corrected chi connectivity index (χ1v) is 4.11. The van der Waals surface area contributed by atoms with Gasteiger partial charge in [-0.25, -0.2) is 4.98 Å². The van der Waals surface area contributed by atoms with Crippen molar-refractivity contribution in [2.45, 2.75) is 26.9 Å². The molecule has 1 nitrogen and oxygen atoms in total. The molecule has 80 valence electrons. The molecule has 0 radical (unpaired) electrons. The van der Waals surface area contributed by atoms with Gasteiger partial charge >= 0.3 is 6.18 Å². The largest absolute Gasteiger partial charge is 0.433 e. The second-order valence-corrected chi connectivity index (χ2v) is 2.35. The number of nitrogens with zero attached hydrogens (tertiary/aromatic N) is 1. The Balaban J connectivity index is 0.000000791. The zero-order valence-electron chi connectivity index (χ0n) is 8.11. The lowest BCUT2D eigenvalue weighted by molar-refractivity contribution is -0.141. The van der Waals surface area contributed by atoms with Gasteiger partial charge in [-0.05, 0) is 24.6 Å². The van der Waals surface area contributed by atoms with Crippen LogP contribution < -0.4 is 0 Å². The zero-order chi connectivity index (χ0) is 11.4. The van der Waals surface area contributed by atoms with Crippen LogP contribution in [0.5, 0.6) is 0 Å². The third kappa shape index (κ3) is 3.72. The highest BCUT2D eigenvalue weighted by Crippen LogP contribution is 2.27. The van der Waals surface area contributed by atoms with Crippen LogP contribution in [0.25, 0.3) is 0 Å². The Bertz CT molecular complexity index is 273. The highest BCUT2D eigenvalue weighted by Gasteiger charge is 2.32. The number of hydrogen-bond acceptors (Lipinski definition) is 1. The number of halogens is 4. The first-order valence-electron chi connectivity index (χ1n) is 4.11. The van der Waals surface area contributed by atoms with Crippen molar-refractivity contribution in [2.24, 2.45) is 0 Å². The molecule has 0 atom stereocenters. The molecule has 0 unspecified atom stereocenters. The summed E-state index contributed by atoms with van der Waals surface area (Å²) in [6.45, 7) is 5.38. The fourth-order valence-electron chi connectivity index (χ4n) is 0.770. The molecular weight excluding hydrogens is 198 g/mol. The highest BCUT2D eigenvalue weighted by molar-refractivity contribution is 5.17. The maximum Gasteiger partial charge on any atom is 0.433 e. The van der Waals surface area contributed by atoms with Gasteiger partial charge in [0.25, 0.3) is 0 Å². The van der Waals surface area contributed by atoms with Crippen molar-refractivity contribution in [3.05, 3.63) is 29.3 Å². The van der Waals surface area contributed by atoms with Crippen LogP contribution in [-0.2, 0) is 6.18 Å². The van der Waals surface area contributed by atoms with Gasteiger partial charge < -0.3 is 0 Å². The predicted octanol–water partition coefficient (Wildman–Crippen LogP) is 3.57. The standard InChI is InChI=1S/C7H5F4N.C2H6/c1-4-2-5(7(9,10)11)12-6(8)3-4;1-2/h2-3H,1H3;1-2H3. The van der Waals surface area contributed by atoms with Crippen LogP contribution >= 0.6 is 0 Å². The Morgan fingerprint density at radius 2 is 1.64 bits per heavy atom. The summed E-state index contributed by atoms with van der Waals surface area (Å²) in [4.78, 5) is 2.71. The average molecular weight is 209 g/mol. The molecule has 0 aromatic carbocycles. The summed E-state index contributed by atoms with van der Waals surface area (Å²) in [7, 11) is 0. The van der Waals surface area contributed by atoms with E-state index in [2.05, 4.69) is 4.98 Å². The number of aryl methyl sites for hydroxylation is 1. The summed E-state index contributed by atoms with van der Waals surface area (Å²) in [5.74, 6) is -1.11. The minimum absolute atomic E-state index is 0.204. The van der Waals surface area contributed by atoms with Crippen molar-refractivity contribution in [3.8, 4) is 0 Å². The lowest BCUT2D eigenvalue weighted by Gasteiger charge is -2.05. The molecule has 0 bridgehead atoms. The van der Waals surface area contributed by atoms with Crippen molar-refractivity contribution < 1.29 is 17.6 Å². The van der Waals surface area contributed by atoms with Gasteiger partial charge in [0.15, 0.2) is 0 Å². The molecule has 0 saturated heterocycles. The van der Waals surface area contributed by atoms with Crippen molar-refractivity contribution in [1.82, 2.24) is 4.98 Å². The van der Waals surface area contributed by atoms with Gasteiger partial charge in [-0.3, -0.25) is 0 Å². The molecule has 1 aromatic rings. The van der Waals surface area contributed by atoms with Crippen molar-refractivity contribution in [1.29, 1.82) is 0 Å². The SMILES string of the molecule is CC.Cc1cc(F)nc(C(F)(F)F)c1. The fourth-order valence-corrected chi connectivity index (χ4v) is 0.770. The van der Waals surface area contributed by atoms with E-state index in [9.17, 15) is 17.6 Å². The molecule has 0 spiro atoms. The summed E-state index contributed by atoms with van der Waals surface area (Å²) in [5, 5.41) is 0. The van der Waals surface area contributed by atoms with E-state index >= 15 is 0 Å². The molecule has 0 aliphatic carbocycles. The second-order valence-electron chi connectivity index (χ2n) is 2.35. The topological polar surface area (TPSA) is 12.9 Å². The van der Waals surface area contributed by atoms with Gasteiger partial charge in [0, 0.05) is 0 Å². The van der Waals surface area contributed by atoms with Gasteiger partial charge in [-0.2, -0.15) is 17.6 Å². The molecule has 0 saturated carbocycles. The second kappa shape index (κ2) is 4.93. The monoisotopic (exact) mass is 209 g/mol. The number of alkyl halides is 3. The van der Waals surface area contributed by atoms with Crippen LogP contribution in [0.1, 0.15) is 25.1 Å². The third-order valence-electron chi connectivity index (χ3n) is 1.23. The van der Waals surface area contributed by atoms with Crippen LogP contribution in [0.2, 0.25) is 0 Å². The Labute approximate surface area is 79.8 Å². The third-order valence-corrected chi connectivity index (χ3v) is 1.23. The number of rotatable bonds is 0. The van der Waals surface area contributed by atoms with Gasteiger partial charge in [0.05, 0.1) is 0 Å². The molecule has 14 heavy (non-hydrogen) atoms. The Morgan fingerprint density at radius 1 is 1.14 bits per heavy atom. The Morgan fingerprint density at radius 3 is 2.00 bits per heavy atom. The lowest BCUT2D eigenvalue weighted by Crippen LogP contribution is -2.09. The predicted molar refractivity (Wildman–Crippen MR) is 45.3 cm³/mol. The fraction of sp³-hybridized carbons (Fsp3) is 0.444. The number of aromatic nitrogens is 1. The van der Waals surface area contributed by atoms with Crippen LogP contribution in [0.4, 0.5) is 17.6 Å². The van der Waals surface area contributed by atoms with Crippen LogP contribution in [0.15, 0.2) is 12.1 Å². The summed E-state index contributed by atoms with van der Waals surface area (Å²) in [6, 6.07) is 1.73. The van der Waals surface area contributed by atoms with E-state index < -0.39 is 17.8 Å². The quantitative estimate of drug-likeness (QED) is 0.470. The number of pyridine rings is 1. The van der Waals surface area contributed by atoms with E-state index in [4.69, 9.17) is 0 Å². The van der Waals surface area contributed by atoms with E-state index in [1.165, 1.54) is 6.92 Å². The van der Waals surface area contributed by atoms with Crippen LogP contribution in [0, 0.1) is 12.9 Å². The molecule has 0 aliphatic heterocycles. The van der Waals surface area contributed by atoms with E-state index in [1.54, 1.807) is 0 Å². The summed E-state index contributed by atoms with van der Waals surface area (Å²) in [5.41, 5.74) is -0.991. The van der Waals surface area contributed by atoms with Crippen molar-refractivity contribution >= 4 is 0 Å². The van der Waals surface area contributed by atoms with Gasteiger partial charge in [-0.1, -0.05) is 13.8 Å². The maximum absolute atomic E-state index is 12.3. The number of hydrogen-bond donors (Lipinski definition) is 0. The van der Waals surface area contributed by atoms with Crippen molar-refractivity contribution in [3.63, 3.8) is 0 Å². The smallest absolute Gasteiger partial charge is 0.215 e. The van der Waals surface area contributed by atoms with Gasteiger partial charge in [0.2, 0.25) is 5.95 Å². The average Bonchev–Trinajstić information content (AvgIpc) is 2.04. The van der Waals surface area contributed by atoms with Gasteiger partial charge in [0.1, 0.15) is 5.69 Å². The molecule has 0 N–H and O–H groups in total. The van der Waals surface area contributed by atoms with E-state index in [0.29, 0.717) is 0 Å². The molecule has 0 fully saturated rings. The summed E-state index contributed by atoms with van der Waals surface area (Å²) in [6.07, 6.45) is -4.58. The van der Waals surface area contributed by atoms with E-state index in [-0.39, 0.29) is 5.56 Å². The summed E-state index contributed by atoms with van der Waals surface area (Å²) >= 11 is 0. The van der Waals surface area contributed by atoms with Gasteiger partial charge in [-0.15, -0.1) is 0 Å². The van der Waals surface area contributed by atoms with Crippen LogP contribution in [-0.4, -0.2) is 4.98 Å². The minimum atomic E-state index is -4.58. The first kappa shape index (κ1) is 12.9. The molecular formula is C9H11F4N. The molecule has 5 heteroatoms. The Kier molecular flexibility index (Phi) is 4.53. The first-order chi connectivity index (χ1) is 6.39. The molecule has 1 rings (SSSR count). The molecule has 1 aromatic heterocycles. The summed E-state index contributed by atoms with van der Waals surface area (Å²) < 4.78 is 48.1. The maximum atomic E-state index is 12.3. The molecule has 0 aliphatic rings. The van der Waals surface area contributed by atoms with E-state index in [0.717, 1.165) is 12.1 Å². The zero-order valence-corrected chi connectivity index (χ0v) is 8.11. The highest BCUT2D eigenvalue weighted by atomic mass is 19.4. The van der Waals surface area contributed by atoms with E-state index in [1.807, 2.05) is 13.8 Å². The molecule has 0 amide bonds. The molecule has 1 heterocycles. The minimum Gasteiger partial charge on any atom is -0.215 e. The Hall–Kier alpha value is -1.13. The van der Waals surface area contributed by atoms with Crippen molar-refractivity contribution in [2.75, 3.05) is 0 Å². The normalized spacial score (nSPS) is 10.5.